The van der Waals surface area contributed by atoms with Crippen LogP contribution in [0.15, 0.2) is 48.5 Å². The van der Waals surface area contributed by atoms with Crippen molar-refractivity contribution in [1.29, 1.82) is 0 Å². The Kier molecular flexibility index (Phi) is 8.06. The molecular weight excluding hydrogens is 416 g/mol. The molecule has 1 aliphatic heterocycles. The van der Waals surface area contributed by atoms with Gasteiger partial charge in [-0.3, -0.25) is 14.4 Å². The SMILES string of the molecule is CC(=O)c1ccc(OCCCC(=O)N2CCCN(C(=O)c3ccccc3Cl)CC2)cc1. The number of rotatable bonds is 7. The van der Waals surface area contributed by atoms with Gasteiger partial charge >= 0.3 is 0 Å². The van der Waals surface area contributed by atoms with Crippen LogP contribution in [-0.4, -0.2) is 60.2 Å². The second-order valence-corrected chi connectivity index (χ2v) is 7.95. The highest BCUT2D eigenvalue weighted by atomic mass is 35.5. The minimum absolute atomic E-state index is 0.0155. The number of ether oxygens (including phenoxy) is 1. The van der Waals surface area contributed by atoms with Gasteiger partial charge in [0.15, 0.2) is 5.78 Å². The topological polar surface area (TPSA) is 66.9 Å². The van der Waals surface area contributed by atoms with E-state index < -0.39 is 0 Å². The fourth-order valence-corrected chi connectivity index (χ4v) is 3.75. The maximum Gasteiger partial charge on any atom is 0.255 e. The maximum absolute atomic E-state index is 12.8. The van der Waals surface area contributed by atoms with Gasteiger partial charge < -0.3 is 14.5 Å². The molecular formula is C24H27ClN2O4. The molecule has 0 atom stereocenters. The largest absolute Gasteiger partial charge is 0.494 e. The summed E-state index contributed by atoms with van der Waals surface area (Å²) in [5.41, 5.74) is 1.14. The van der Waals surface area contributed by atoms with E-state index >= 15 is 0 Å². The van der Waals surface area contributed by atoms with E-state index in [1.807, 2.05) is 4.90 Å². The molecule has 2 aromatic rings. The molecule has 2 aromatic carbocycles. The van der Waals surface area contributed by atoms with Gasteiger partial charge in [-0.2, -0.15) is 0 Å². The summed E-state index contributed by atoms with van der Waals surface area (Å²) in [5.74, 6) is 0.675. The average Bonchev–Trinajstić information content (AvgIpc) is 3.03. The molecule has 6 nitrogen and oxygen atoms in total. The zero-order chi connectivity index (χ0) is 22.2. The summed E-state index contributed by atoms with van der Waals surface area (Å²) in [7, 11) is 0. The predicted molar refractivity (Wildman–Crippen MR) is 120 cm³/mol. The van der Waals surface area contributed by atoms with E-state index in [9.17, 15) is 14.4 Å². The monoisotopic (exact) mass is 442 g/mol. The van der Waals surface area contributed by atoms with Gasteiger partial charge in [0.05, 0.1) is 17.2 Å². The number of hydrogen-bond donors (Lipinski definition) is 0. The van der Waals surface area contributed by atoms with E-state index in [1.54, 1.807) is 53.4 Å². The number of carbonyl (C=O) groups excluding carboxylic acids is 3. The first kappa shape index (κ1) is 22.8. The van der Waals surface area contributed by atoms with Crippen LogP contribution in [0.2, 0.25) is 5.02 Å². The molecule has 0 saturated carbocycles. The number of nitrogens with zero attached hydrogens (tertiary/aromatic N) is 2. The molecule has 0 unspecified atom stereocenters. The third-order valence-corrected chi connectivity index (χ3v) is 5.63. The van der Waals surface area contributed by atoms with Crippen molar-refractivity contribution < 1.29 is 19.1 Å². The quantitative estimate of drug-likeness (QED) is 0.478. The van der Waals surface area contributed by atoms with Gasteiger partial charge in [0.2, 0.25) is 5.91 Å². The van der Waals surface area contributed by atoms with Crippen molar-refractivity contribution in [1.82, 2.24) is 9.80 Å². The predicted octanol–water partition coefficient (Wildman–Crippen LogP) is 4.08. The Morgan fingerprint density at radius 3 is 2.32 bits per heavy atom. The van der Waals surface area contributed by atoms with E-state index in [0.29, 0.717) is 67.5 Å². The van der Waals surface area contributed by atoms with Crippen molar-refractivity contribution in [3.8, 4) is 5.75 Å². The van der Waals surface area contributed by atoms with E-state index in [0.717, 1.165) is 6.42 Å². The molecule has 0 bridgehead atoms. The Bertz CT molecular complexity index is 929. The highest BCUT2D eigenvalue weighted by Crippen LogP contribution is 2.18. The lowest BCUT2D eigenvalue weighted by atomic mass is 10.1. The number of halogens is 1. The van der Waals surface area contributed by atoms with Crippen LogP contribution in [-0.2, 0) is 4.79 Å². The second-order valence-electron chi connectivity index (χ2n) is 7.54. The minimum Gasteiger partial charge on any atom is -0.494 e. The van der Waals surface area contributed by atoms with Gasteiger partial charge in [-0.05, 0) is 56.2 Å². The van der Waals surface area contributed by atoms with Crippen LogP contribution in [0.3, 0.4) is 0 Å². The number of carbonyl (C=O) groups is 3. The lowest BCUT2D eigenvalue weighted by Gasteiger charge is -2.22. The average molecular weight is 443 g/mol. The van der Waals surface area contributed by atoms with E-state index in [4.69, 9.17) is 16.3 Å². The van der Waals surface area contributed by atoms with Crippen molar-refractivity contribution in [2.75, 3.05) is 32.8 Å². The van der Waals surface area contributed by atoms with Crippen LogP contribution in [0.1, 0.15) is 46.9 Å². The molecule has 1 aliphatic rings. The normalized spacial score (nSPS) is 14.1. The Labute approximate surface area is 187 Å². The molecule has 3 rings (SSSR count). The van der Waals surface area contributed by atoms with E-state index in [1.165, 1.54) is 6.92 Å². The summed E-state index contributed by atoms with van der Waals surface area (Å²) in [6, 6.07) is 14.0. The number of hydrogen-bond acceptors (Lipinski definition) is 4. The minimum atomic E-state index is -0.0934. The zero-order valence-corrected chi connectivity index (χ0v) is 18.4. The molecule has 0 radical (unpaired) electrons. The van der Waals surface area contributed by atoms with Gasteiger partial charge in [0.25, 0.3) is 5.91 Å². The first-order chi connectivity index (χ1) is 15.0. The third-order valence-electron chi connectivity index (χ3n) is 5.30. The molecule has 2 amide bonds. The van der Waals surface area contributed by atoms with Gasteiger partial charge in [-0.15, -0.1) is 0 Å². The van der Waals surface area contributed by atoms with E-state index in [-0.39, 0.29) is 17.6 Å². The van der Waals surface area contributed by atoms with Crippen LogP contribution in [0.25, 0.3) is 0 Å². The number of benzene rings is 2. The lowest BCUT2D eigenvalue weighted by Crippen LogP contribution is -2.37. The summed E-state index contributed by atoms with van der Waals surface area (Å²) >= 11 is 6.16. The summed E-state index contributed by atoms with van der Waals surface area (Å²) in [4.78, 5) is 40.2. The van der Waals surface area contributed by atoms with Crippen molar-refractivity contribution in [3.63, 3.8) is 0 Å². The van der Waals surface area contributed by atoms with Gasteiger partial charge in [-0.25, -0.2) is 0 Å². The van der Waals surface area contributed by atoms with Crippen molar-refractivity contribution in [3.05, 3.63) is 64.7 Å². The molecule has 0 N–H and O–H groups in total. The second kappa shape index (κ2) is 11.0. The Morgan fingerprint density at radius 2 is 1.61 bits per heavy atom. The summed E-state index contributed by atoms with van der Waals surface area (Å²) in [5, 5.41) is 0.445. The van der Waals surface area contributed by atoms with Crippen LogP contribution < -0.4 is 4.74 Å². The van der Waals surface area contributed by atoms with Gasteiger partial charge in [0, 0.05) is 38.2 Å². The fraction of sp³-hybridized carbons (Fsp3) is 0.375. The van der Waals surface area contributed by atoms with Crippen LogP contribution in [0, 0.1) is 0 Å². The highest BCUT2D eigenvalue weighted by molar-refractivity contribution is 6.33. The first-order valence-electron chi connectivity index (χ1n) is 10.5. The molecule has 7 heteroatoms. The summed E-state index contributed by atoms with van der Waals surface area (Å²) in [6.45, 7) is 4.20. The standard InChI is InChI=1S/C24H27ClN2O4/c1-18(28)19-9-11-20(12-10-19)31-17-4-8-23(29)26-13-5-14-27(16-15-26)24(30)21-6-2-3-7-22(21)25/h2-3,6-7,9-12H,4-5,8,13-17H2,1H3. The van der Waals surface area contributed by atoms with Crippen LogP contribution in [0.5, 0.6) is 5.75 Å². The Morgan fingerprint density at radius 1 is 0.935 bits per heavy atom. The maximum atomic E-state index is 12.8. The van der Waals surface area contributed by atoms with Crippen molar-refractivity contribution in [2.24, 2.45) is 0 Å². The number of ketones is 1. The summed E-state index contributed by atoms with van der Waals surface area (Å²) < 4.78 is 5.66. The summed E-state index contributed by atoms with van der Waals surface area (Å²) in [6.07, 6.45) is 1.73. The molecule has 164 valence electrons. The first-order valence-corrected chi connectivity index (χ1v) is 10.9. The molecule has 31 heavy (non-hydrogen) atoms. The highest BCUT2D eigenvalue weighted by Gasteiger charge is 2.23. The van der Waals surface area contributed by atoms with Crippen LogP contribution >= 0.6 is 11.6 Å². The van der Waals surface area contributed by atoms with Gasteiger partial charge in [0.1, 0.15) is 5.75 Å². The van der Waals surface area contributed by atoms with Crippen LogP contribution in [0.4, 0.5) is 0 Å². The number of amides is 2. The third kappa shape index (κ3) is 6.31. The Balaban J connectivity index is 1.42. The molecule has 0 aromatic heterocycles. The molecule has 0 spiro atoms. The molecule has 1 fully saturated rings. The van der Waals surface area contributed by atoms with E-state index in [2.05, 4.69) is 0 Å². The molecule has 0 aliphatic carbocycles. The lowest BCUT2D eigenvalue weighted by molar-refractivity contribution is -0.131. The Hall–Kier alpha value is -2.86. The smallest absolute Gasteiger partial charge is 0.255 e. The number of Topliss-reactive ketones (excluding diaryl/α,β-unsaturated/α-hetero) is 1. The van der Waals surface area contributed by atoms with Gasteiger partial charge in [-0.1, -0.05) is 23.7 Å². The fourth-order valence-electron chi connectivity index (χ4n) is 3.53. The molecule has 1 saturated heterocycles. The van der Waals surface area contributed by atoms with Crippen molar-refractivity contribution >= 4 is 29.2 Å². The zero-order valence-electron chi connectivity index (χ0n) is 17.7. The van der Waals surface area contributed by atoms with Crippen molar-refractivity contribution in [2.45, 2.75) is 26.2 Å². The molecule has 1 heterocycles.